The van der Waals surface area contributed by atoms with Crippen LogP contribution in [0, 0.1) is 5.92 Å². The van der Waals surface area contributed by atoms with Crippen molar-refractivity contribution in [3.63, 3.8) is 0 Å². The third kappa shape index (κ3) is 4.60. The Bertz CT molecular complexity index is 348. The molecule has 1 aliphatic carbocycles. The van der Waals surface area contributed by atoms with E-state index in [2.05, 4.69) is 24.4 Å². The molecule has 1 N–H and O–H groups in total. The van der Waals surface area contributed by atoms with Gasteiger partial charge in [-0.2, -0.15) is 0 Å². The maximum absolute atomic E-state index is 6.03. The summed E-state index contributed by atoms with van der Waals surface area (Å²) in [4.78, 5) is 0. The summed E-state index contributed by atoms with van der Waals surface area (Å²) in [5, 5.41) is 4.21. The summed E-state index contributed by atoms with van der Waals surface area (Å²) in [5.74, 6) is 0.797. The highest BCUT2D eigenvalue weighted by molar-refractivity contribution is 6.30. The van der Waals surface area contributed by atoms with Crippen molar-refractivity contribution >= 4 is 11.6 Å². The molecular weight excluding hydrogens is 246 g/mol. The first-order valence-corrected chi connectivity index (χ1v) is 7.25. The lowest BCUT2D eigenvalue weighted by molar-refractivity contribution is 0.0453. The second-order valence-corrected chi connectivity index (χ2v) is 5.46. The van der Waals surface area contributed by atoms with Crippen molar-refractivity contribution in [2.24, 2.45) is 5.92 Å². The van der Waals surface area contributed by atoms with Gasteiger partial charge in [-0.05, 0) is 49.4 Å². The van der Waals surface area contributed by atoms with Gasteiger partial charge in [0, 0.05) is 11.6 Å². The number of rotatable bonds is 8. The molecule has 1 atom stereocenters. The van der Waals surface area contributed by atoms with E-state index in [1.165, 1.54) is 18.4 Å². The minimum absolute atomic E-state index is 0.148. The average molecular weight is 268 g/mol. The van der Waals surface area contributed by atoms with Crippen molar-refractivity contribution in [3.05, 3.63) is 34.9 Å². The van der Waals surface area contributed by atoms with E-state index in [0.29, 0.717) is 0 Å². The average Bonchev–Trinajstić information content (AvgIpc) is 3.19. The van der Waals surface area contributed by atoms with Crippen LogP contribution >= 0.6 is 11.6 Å². The normalized spacial score (nSPS) is 16.8. The number of hydrogen-bond donors (Lipinski definition) is 1. The third-order valence-electron chi connectivity index (χ3n) is 3.23. The van der Waals surface area contributed by atoms with Gasteiger partial charge in [0.05, 0.1) is 12.7 Å². The molecule has 18 heavy (non-hydrogen) atoms. The van der Waals surface area contributed by atoms with Gasteiger partial charge in [-0.25, -0.2) is 0 Å². The summed E-state index contributed by atoms with van der Waals surface area (Å²) < 4.78 is 6.03. The Morgan fingerprint density at radius 1 is 1.33 bits per heavy atom. The predicted molar refractivity (Wildman–Crippen MR) is 76.0 cm³/mol. The number of ether oxygens (including phenoxy) is 1. The minimum Gasteiger partial charge on any atom is -0.372 e. The smallest absolute Gasteiger partial charge is 0.0949 e. The molecule has 0 amide bonds. The van der Waals surface area contributed by atoms with Crippen LogP contribution in [0.4, 0.5) is 0 Å². The largest absolute Gasteiger partial charge is 0.372 e. The number of hydrogen-bond acceptors (Lipinski definition) is 2. The Hall–Kier alpha value is -0.570. The minimum atomic E-state index is 0.148. The molecule has 1 aliphatic rings. The van der Waals surface area contributed by atoms with Crippen LogP contribution in [-0.4, -0.2) is 19.7 Å². The van der Waals surface area contributed by atoms with Crippen molar-refractivity contribution in [2.75, 3.05) is 19.7 Å². The molecule has 0 bridgehead atoms. The molecule has 0 aliphatic heterocycles. The van der Waals surface area contributed by atoms with Gasteiger partial charge in [-0.1, -0.05) is 30.7 Å². The zero-order chi connectivity index (χ0) is 12.8. The lowest BCUT2D eigenvalue weighted by atomic mass is 10.1. The van der Waals surface area contributed by atoms with E-state index in [-0.39, 0.29) is 6.10 Å². The van der Waals surface area contributed by atoms with Crippen molar-refractivity contribution < 1.29 is 4.74 Å². The molecule has 1 unspecified atom stereocenters. The summed E-state index contributed by atoms with van der Waals surface area (Å²) in [6.07, 6.45) is 3.95. The molecule has 2 rings (SSSR count). The van der Waals surface area contributed by atoms with Crippen molar-refractivity contribution in [1.82, 2.24) is 5.32 Å². The van der Waals surface area contributed by atoms with Crippen LogP contribution in [0.2, 0.25) is 5.02 Å². The van der Waals surface area contributed by atoms with Crippen LogP contribution in [0.3, 0.4) is 0 Å². The standard InChI is InChI=1S/C15H22ClNO/c1-2-9-17-10-15(18-11-12-3-4-12)13-5-7-14(16)8-6-13/h5-8,12,15,17H,2-4,9-11H2,1H3. The highest BCUT2D eigenvalue weighted by Gasteiger charge is 2.23. The fraction of sp³-hybridized carbons (Fsp3) is 0.600. The molecule has 1 aromatic rings. The molecule has 0 spiro atoms. The first kappa shape index (κ1) is 13.9. The zero-order valence-electron chi connectivity index (χ0n) is 11.0. The summed E-state index contributed by atoms with van der Waals surface area (Å²) in [5.41, 5.74) is 1.21. The Morgan fingerprint density at radius 3 is 2.67 bits per heavy atom. The van der Waals surface area contributed by atoms with E-state index in [1.54, 1.807) is 0 Å². The van der Waals surface area contributed by atoms with Crippen LogP contribution in [0.15, 0.2) is 24.3 Å². The molecule has 2 nitrogen and oxygen atoms in total. The maximum Gasteiger partial charge on any atom is 0.0949 e. The highest BCUT2D eigenvalue weighted by atomic mass is 35.5. The Labute approximate surface area is 115 Å². The third-order valence-corrected chi connectivity index (χ3v) is 3.48. The summed E-state index contributed by atoms with van der Waals surface area (Å²) in [6.45, 7) is 4.98. The van der Waals surface area contributed by atoms with Gasteiger partial charge in [-0.3, -0.25) is 0 Å². The Morgan fingerprint density at radius 2 is 2.06 bits per heavy atom. The number of nitrogens with one attached hydrogen (secondary N) is 1. The Balaban J connectivity index is 1.90. The van der Waals surface area contributed by atoms with Crippen molar-refractivity contribution in [1.29, 1.82) is 0 Å². The van der Waals surface area contributed by atoms with Gasteiger partial charge in [0.25, 0.3) is 0 Å². The maximum atomic E-state index is 6.03. The predicted octanol–water partition coefficient (Wildman–Crippen LogP) is 3.81. The first-order chi connectivity index (χ1) is 8.79. The Kier molecular flexibility index (Phi) is 5.48. The lowest BCUT2D eigenvalue weighted by Crippen LogP contribution is -2.24. The van der Waals surface area contributed by atoms with Gasteiger partial charge < -0.3 is 10.1 Å². The van der Waals surface area contributed by atoms with E-state index in [1.807, 2.05) is 12.1 Å². The fourth-order valence-corrected chi connectivity index (χ4v) is 2.02. The summed E-state index contributed by atoms with van der Waals surface area (Å²) in [7, 11) is 0. The molecular formula is C15H22ClNO. The zero-order valence-corrected chi connectivity index (χ0v) is 11.7. The molecule has 1 fully saturated rings. The van der Waals surface area contributed by atoms with Crippen LogP contribution in [0.25, 0.3) is 0 Å². The molecule has 0 radical (unpaired) electrons. The molecule has 1 saturated carbocycles. The number of halogens is 1. The lowest BCUT2D eigenvalue weighted by Gasteiger charge is -2.19. The second kappa shape index (κ2) is 7.13. The van der Waals surface area contributed by atoms with Crippen molar-refractivity contribution in [3.8, 4) is 0 Å². The first-order valence-electron chi connectivity index (χ1n) is 6.87. The van der Waals surface area contributed by atoms with Crippen LogP contribution in [-0.2, 0) is 4.74 Å². The van der Waals surface area contributed by atoms with Crippen LogP contribution in [0.5, 0.6) is 0 Å². The molecule has 0 heterocycles. The van der Waals surface area contributed by atoms with Crippen LogP contribution in [0.1, 0.15) is 37.9 Å². The van der Waals surface area contributed by atoms with Crippen LogP contribution < -0.4 is 5.32 Å². The van der Waals surface area contributed by atoms with E-state index in [0.717, 1.165) is 37.1 Å². The second-order valence-electron chi connectivity index (χ2n) is 5.02. The quantitative estimate of drug-likeness (QED) is 0.724. The molecule has 1 aromatic carbocycles. The van der Waals surface area contributed by atoms with E-state index < -0.39 is 0 Å². The molecule has 0 saturated heterocycles. The topological polar surface area (TPSA) is 21.3 Å². The van der Waals surface area contributed by atoms with Crippen molar-refractivity contribution in [2.45, 2.75) is 32.3 Å². The summed E-state index contributed by atoms with van der Waals surface area (Å²) in [6, 6.07) is 8.00. The van der Waals surface area contributed by atoms with Gasteiger partial charge in [0.1, 0.15) is 0 Å². The van der Waals surface area contributed by atoms with E-state index in [4.69, 9.17) is 16.3 Å². The molecule has 100 valence electrons. The molecule has 0 aromatic heterocycles. The van der Waals surface area contributed by atoms with Gasteiger partial charge in [0.2, 0.25) is 0 Å². The number of benzene rings is 1. The van der Waals surface area contributed by atoms with Gasteiger partial charge in [0.15, 0.2) is 0 Å². The monoisotopic (exact) mass is 267 g/mol. The van der Waals surface area contributed by atoms with Gasteiger partial charge in [-0.15, -0.1) is 0 Å². The molecule has 3 heteroatoms. The van der Waals surface area contributed by atoms with Gasteiger partial charge >= 0.3 is 0 Å². The van der Waals surface area contributed by atoms with E-state index >= 15 is 0 Å². The fourth-order valence-electron chi connectivity index (χ4n) is 1.90. The summed E-state index contributed by atoms with van der Waals surface area (Å²) >= 11 is 5.92. The SMILES string of the molecule is CCCNCC(OCC1CC1)c1ccc(Cl)cc1. The highest BCUT2D eigenvalue weighted by Crippen LogP contribution is 2.31. The van der Waals surface area contributed by atoms with E-state index in [9.17, 15) is 0 Å².